The third-order valence-electron chi connectivity index (χ3n) is 5.03. The smallest absolute Gasteiger partial charge is 0.287 e. The van der Waals surface area contributed by atoms with Crippen LogP contribution in [0, 0.1) is 0 Å². The van der Waals surface area contributed by atoms with Gasteiger partial charge in [-0.15, -0.1) is 0 Å². The van der Waals surface area contributed by atoms with Gasteiger partial charge in [-0.3, -0.25) is 4.79 Å². The van der Waals surface area contributed by atoms with Gasteiger partial charge in [-0.25, -0.2) is 4.98 Å². The van der Waals surface area contributed by atoms with E-state index in [4.69, 9.17) is 25.7 Å². The number of carbonyl (C=O) groups excluding carboxylic acids is 1. The van der Waals surface area contributed by atoms with Crippen molar-refractivity contribution < 1.29 is 13.9 Å². The van der Waals surface area contributed by atoms with E-state index in [0.717, 1.165) is 36.2 Å². The van der Waals surface area contributed by atoms with Crippen LogP contribution in [0.5, 0.6) is 5.75 Å². The summed E-state index contributed by atoms with van der Waals surface area (Å²) in [4.78, 5) is 17.2. The molecule has 4 rings (SSSR count). The summed E-state index contributed by atoms with van der Waals surface area (Å²) < 4.78 is 13.2. The summed E-state index contributed by atoms with van der Waals surface area (Å²) in [5.74, 6) is 1.54. The van der Waals surface area contributed by atoms with E-state index in [1.165, 1.54) is 6.26 Å². The lowest BCUT2D eigenvalue weighted by molar-refractivity contribution is 0.0909. The molecular weight excluding hydrogens is 414 g/mol. The number of para-hydroxylation sites is 3. The first-order valence-electron chi connectivity index (χ1n) is 10.3. The summed E-state index contributed by atoms with van der Waals surface area (Å²) in [7, 11) is 0. The monoisotopic (exact) mass is 437 g/mol. The van der Waals surface area contributed by atoms with Crippen molar-refractivity contribution in [2.24, 2.45) is 0 Å². The summed E-state index contributed by atoms with van der Waals surface area (Å²) in [6.45, 7) is 3.28. The molecule has 1 amide bonds. The fraction of sp³-hybridized carbons (Fsp3) is 0.250. The molecule has 160 valence electrons. The predicted octanol–water partition coefficient (Wildman–Crippen LogP) is 5.63. The van der Waals surface area contributed by atoms with Gasteiger partial charge in [-0.2, -0.15) is 0 Å². The Hall–Kier alpha value is -3.25. The summed E-state index contributed by atoms with van der Waals surface area (Å²) in [6, 6.07) is 18.5. The molecule has 2 aromatic carbocycles. The highest BCUT2D eigenvalue weighted by Gasteiger charge is 2.20. The first kappa shape index (κ1) is 21.0. The maximum Gasteiger partial charge on any atom is 0.287 e. The Labute approximate surface area is 185 Å². The molecule has 2 heterocycles. The minimum atomic E-state index is -0.274. The fourth-order valence-corrected chi connectivity index (χ4v) is 3.71. The van der Waals surface area contributed by atoms with Gasteiger partial charge in [0.2, 0.25) is 0 Å². The number of aryl methyl sites for hydroxylation is 1. The fourth-order valence-electron chi connectivity index (χ4n) is 3.52. The van der Waals surface area contributed by atoms with Crippen molar-refractivity contribution in [1.82, 2.24) is 14.9 Å². The zero-order valence-corrected chi connectivity index (χ0v) is 18.0. The highest BCUT2D eigenvalue weighted by atomic mass is 35.5. The number of unbranched alkanes of at least 4 members (excludes halogenated alkanes) is 1. The van der Waals surface area contributed by atoms with Crippen molar-refractivity contribution in [3.8, 4) is 5.75 Å². The van der Waals surface area contributed by atoms with E-state index in [-0.39, 0.29) is 17.7 Å². The van der Waals surface area contributed by atoms with Gasteiger partial charge in [0.05, 0.1) is 35.0 Å². The van der Waals surface area contributed by atoms with Crippen molar-refractivity contribution >= 4 is 28.5 Å². The highest BCUT2D eigenvalue weighted by molar-refractivity contribution is 6.32. The number of hydrogen-bond donors (Lipinski definition) is 1. The third-order valence-corrected chi connectivity index (χ3v) is 5.35. The number of fused-ring (bicyclic) bond motifs is 1. The van der Waals surface area contributed by atoms with Crippen molar-refractivity contribution in [3.63, 3.8) is 0 Å². The lowest BCUT2D eigenvalue weighted by Gasteiger charge is -2.16. The maximum atomic E-state index is 12.4. The van der Waals surface area contributed by atoms with Gasteiger partial charge in [0.15, 0.2) is 5.76 Å². The Morgan fingerprint density at radius 1 is 1.13 bits per heavy atom. The lowest BCUT2D eigenvalue weighted by atomic mass is 10.2. The number of ether oxygens (including phenoxy) is 1. The number of amides is 1. The van der Waals surface area contributed by atoms with E-state index in [1.807, 2.05) is 55.5 Å². The molecule has 31 heavy (non-hydrogen) atoms. The highest BCUT2D eigenvalue weighted by Crippen LogP contribution is 2.24. The van der Waals surface area contributed by atoms with Gasteiger partial charge in [0.1, 0.15) is 11.6 Å². The first-order valence-corrected chi connectivity index (χ1v) is 10.7. The maximum absolute atomic E-state index is 12.4. The van der Waals surface area contributed by atoms with Crippen LogP contribution < -0.4 is 10.1 Å². The Kier molecular flexibility index (Phi) is 6.57. The molecule has 0 aliphatic heterocycles. The molecule has 4 aromatic rings. The molecule has 0 spiro atoms. The van der Waals surface area contributed by atoms with Crippen molar-refractivity contribution in [2.75, 3.05) is 6.61 Å². The molecule has 1 atom stereocenters. The number of imidazole rings is 1. The van der Waals surface area contributed by atoms with Gasteiger partial charge in [0, 0.05) is 6.54 Å². The van der Waals surface area contributed by atoms with Crippen LogP contribution in [0.3, 0.4) is 0 Å². The number of aromatic nitrogens is 2. The average molecular weight is 438 g/mol. The molecule has 0 bridgehead atoms. The minimum absolute atomic E-state index is 0.260. The predicted molar refractivity (Wildman–Crippen MR) is 121 cm³/mol. The van der Waals surface area contributed by atoms with Crippen molar-refractivity contribution in [3.05, 3.63) is 83.5 Å². The zero-order valence-electron chi connectivity index (χ0n) is 17.3. The van der Waals surface area contributed by atoms with Crippen molar-refractivity contribution in [2.45, 2.75) is 32.4 Å². The Morgan fingerprint density at radius 3 is 2.74 bits per heavy atom. The average Bonchev–Trinajstić information content (AvgIpc) is 3.43. The van der Waals surface area contributed by atoms with Crippen LogP contribution in [-0.2, 0) is 6.54 Å². The number of halogens is 1. The van der Waals surface area contributed by atoms with E-state index in [9.17, 15) is 4.79 Å². The first-order chi connectivity index (χ1) is 15.1. The van der Waals surface area contributed by atoms with E-state index in [1.54, 1.807) is 12.1 Å². The number of nitrogens with one attached hydrogen (secondary N) is 1. The van der Waals surface area contributed by atoms with Crippen LogP contribution in [-0.4, -0.2) is 22.1 Å². The molecule has 2 aromatic heterocycles. The lowest BCUT2D eigenvalue weighted by Crippen LogP contribution is -2.28. The third kappa shape index (κ3) is 4.91. The topological polar surface area (TPSA) is 69.3 Å². The molecule has 7 heteroatoms. The summed E-state index contributed by atoms with van der Waals surface area (Å²) in [5.41, 5.74) is 1.95. The molecule has 0 fully saturated rings. The molecule has 1 N–H and O–H groups in total. The molecular formula is C24H24ClN3O3. The molecule has 0 aliphatic rings. The van der Waals surface area contributed by atoms with Gasteiger partial charge in [-0.05, 0) is 56.2 Å². The van der Waals surface area contributed by atoms with Gasteiger partial charge in [-0.1, -0.05) is 35.9 Å². The SMILES string of the molecule is CC(NC(=O)c1ccco1)c1nc2ccccc2n1CCCCOc1ccccc1Cl. The Balaban J connectivity index is 1.42. The summed E-state index contributed by atoms with van der Waals surface area (Å²) in [5, 5.41) is 3.59. The van der Waals surface area contributed by atoms with Crippen LogP contribution in [0.4, 0.5) is 0 Å². The van der Waals surface area contributed by atoms with Crippen LogP contribution in [0.25, 0.3) is 11.0 Å². The van der Waals surface area contributed by atoms with Gasteiger partial charge in [0.25, 0.3) is 5.91 Å². The van der Waals surface area contributed by atoms with Crippen LogP contribution in [0.15, 0.2) is 71.3 Å². The van der Waals surface area contributed by atoms with Gasteiger partial charge < -0.3 is 19.0 Å². The molecule has 0 radical (unpaired) electrons. The van der Waals surface area contributed by atoms with Crippen LogP contribution in [0.1, 0.15) is 42.2 Å². The second-order valence-electron chi connectivity index (χ2n) is 7.27. The molecule has 1 unspecified atom stereocenters. The summed E-state index contributed by atoms with van der Waals surface area (Å²) >= 11 is 6.14. The molecule has 0 aliphatic carbocycles. The molecule has 6 nitrogen and oxygen atoms in total. The number of nitrogens with zero attached hydrogens (tertiary/aromatic N) is 2. The summed E-state index contributed by atoms with van der Waals surface area (Å²) in [6.07, 6.45) is 3.25. The van der Waals surface area contributed by atoms with Gasteiger partial charge >= 0.3 is 0 Å². The quantitative estimate of drug-likeness (QED) is 0.344. The zero-order chi connectivity index (χ0) is 21.6. The Bertz CT molecular complexity index is 1150. The second kappa shape index (κ2) is 9.71. The largest absolute Gasteiger partial charge is 0.492 e. The van der Waals surface area contributed by atoms with Crippen molar-refractivity contribution in [1.29, 1.82) is 0 Å². The second-order valence-corrected chi connectivity index (χ2v) is 7.68. The normalized spacial score (nSPS) is 12.1. The molecule has 0 saturated carbocycles. The minimum Gasteiger partial charge on any atom is -0.492 e. The van der Waals surface area contributed by atoms with Crippen LogP contribution >= 0.6 is 11.6 Å². The van der Waals surface area contributed by atoms with E-state index < -0.39 is 0 Å². The number of rotatable bonds is 9. The number of furan rings is 1. The number of hydrogen-bond acceptors (Lipinski definition) is 4. The van der Waals surface area contributed by atoms with E-state index in [0.29, 0.717) is 17.4 Å². The molecule has 0 saturated heterocycles. The number of benzene rings is 2. The Morgan fingerprint density at radius 2 is 1.94 bits per heavy atom. The standard InChI is InChI=1S/C24H24ClN3O3/c1-17(26-24(29)22-13-8-16-31-22)23-27-19-10-3-4-11-20(19)28(23)14-6-7-15-30-21-12-5-2-9-18(21)25/h2-5,8-13,16-17H,6-7,14-15H2,1H3,(H,26,29). The van der Waals surface area contributed by atoms with Crippen LogP contribution in [0.2, 0.25) is 5.02 Å². The van der Waals surface area contributed by atoms with E-state index >= 15 is 0 Å². The number of carbonyl (C=O) groups is 1. The van der Waals surface area contributed by atoms with E-state index in [2.05, 4.69) is 9.88 Å².